The molecule has 1 unspecified atom stereocenters. The average molecular weight is 594 g/mol. The van der Waals surface area contributed by atoms with Gasteiger partial charge in [-0.15, -0.1) is 0 Å². The molecular formula is C28H43N5O5S2. The third-order valence-electron chi connectivity index (χ3n) is 5.64. The van der Waals surface area contributed by atoms with E-state index in [-0.39, 0.29) is 12.1 Å². The largest absolute Gasteiger partial charge is 0.447 e. The fourth-order valence-electron chi connectivity index (χ4n) is 4.21. The van der Waals surface area contributed by atoms with E-state index in [4.69, 9.17) is 9.47 Å². The molecule has 1 saturated heterocycles. The van der Waals surface area contributed by atoms with Crippen molar-refractivity contribution in [2.24, 2.45) is 0 Å². The van der Waals surface area contributed by atoms with E-state index in [0.717, 1.165) is 41.5 Å². The number of alkyl carbamates (subject to hydrolysis) is 1. The van der Waals surface area contributed by atoms with Gasteiger partial charge in [0.05, 0.1) is 25.6 Å². The molecule has 1 atom stereocenters. The first kappa shape index (κ1) is 31.7. The summed E-state index contributed by atoms with van der Waals surface area (Å²) in [5.74, 6) is 4.03. The summed E-state index contributed by atoms with van der Waals surface area (Å²) >= 11 is 1.50. The number of thiazole rings is 1. The number of carbonyl (C=O) groups is 2. The summed E-state index contributed by atoms with van der Waals surface area (Å²) in [5.41, 5.74) is 0.185. The summed E-state index contributed by atoms with van der Waals surface area (Å²) in [6, 6.07) is 5.29. The first-order chi connectivity index (χ1) is 18.4. The smallest absolute Gasteiger partial charge is 0.411 e. The van der Waals surface area contributed by atoms with Crippen molar-refractivity contribution in [2.45, 2.75) is 96.4 Å². The van der Waals surface area contributed by atoms with Crippen LogP contribution in [0.4, 0.5) is 20.4 Å². The molecule has 0 aliphatic carbocycles. The molecule has 222 valence electrons. The van der Waals surface area contributed by atoms with E-state index in [1.807, 2.05) is 47.6 Å². The van der Waals surface area contributed by atoms with Gasteiger partial charge in [0.25, 0.3) is 0 Å². The zero-order valence-corrected chi connectivity index (χ0v) is 26.4. The number of piperidine rings is 1. The summed E-state index contributed by atoms with van der Waals surface area (Å²) in [6.07, 6.45) is 2.07. The van der Waals surface area contributed by atoms with Crippen molar-refractivity contribution in [3.63, 3.8) is 0 Å². The molecule has 3 N–H and O–H groups in total. The molecule has 2 amide bonds. The van der Waals surface area contributed by atoms with Crippen LogP contribution in [-0.4, -0.2) is 63.6 Å². The number of nitrogens with zero attached hydrogens (tertiary/aromatic N) is 2. The van der Waals surface area contributed by atoms with Crippen LogP contribution >= 0.6 is 11.3 Å². The van der Waals surface area contributed by atoms with E-state index >= 15 is 0 Å². The molecule has 0 bridgehead atoms. The number of ether oxygens (including phenoxy) is 2. The summed E-state index contributed by atoms with van der Waals surface area (Å²) in [5, 5.41) is 6.52. The van der Waals surface area contributed by atoms with Crippen LogP contribution in [-0.2, 0) is 19.2 Å². The Bertz CT molecular complexity index is 1300. The highest BCUT2D eigenvalue weighted by Crippen LogP contribution is 2.37. The van der Waals surface area contributed by atoms with Gasteiger partial charge in [0, 0.05) is 42.1 Å². The van der Waals surface area contributed by atoms with Crippen LogP contribution in [0.15, 0.2) is 29.3 Å². The molecule has 0 saturated carbocycles. The maximum Gasteiger partial charge on any atom is 0.411 e. The van der Waals surface area contributed by atoms with Gasteiger partial charge >= 0.3 is 12.2 Å². The second-order valence-corrected chi connectivity index (χ2v) is 15.2. The Hall–Kier alpha value is -2.83. The van der Waals surface area contributed by atoms with Crippen LogP contribution in [0.5, 0.6) is 0 Å². The number of benzene rings is 1. The highest BCUT2D eigenvalue weighted by molar-refractivity contribution is 7.98. The number of amides is 2. The maximum absolute atomic E-state index is 13.9. The van der Waals surface area contributed by atoms with Gasteiger partial charge in [-0.3, -0.25) is 5.32 Å². The zero-order valence-electron chi connectivity index (χ0n) is 24.8. The highest BCUT2D eigenvalue weighted by atomic mass is 32.2. The summed E-state index contributed by atoms with van der Waals surface area (Å²) < 4.78 is 27.6. The minimum atomic E-state index is -2.95. The van der Waals surface area contributed by atoms with E-state index < -0.39 is 33.0 Å². The van der Waals surface area contributed by atoms with E-state index in [0.29, 0.717) is 10.6 Å². The maximum atomic E-state index is 13.9. The lowest BCUT2D eigenvalue weighted by molar-refractivity contribution is 0.0497. The molecule has 0 radical (unpaired) electrons. The molecule has 1 aliphatic heterocycles. The average Bonchev–Trinajstić information content (AvgIpc) is 3.26. The molecule has 2 aromatic rings. The van der Waals surface area contributed by atoms with Gasteiger partial charge in [-0.1, -0.05) is 17.4 Å². The molecule has 2 heterocycles. The molecule has 3 rings (SSSR count). The van der Waals surface area contributed by atoms with Gasteiger partial charge in [-0.25, -0.2) is 23.5 Å². The third kappa shape index (κ3) is 9.38. The number of hydrogen-bond acceptors (Lipinski definition) is 8. The Morgan fingerprint density at radius 1 is 1.12 bits per heavy atom. The van der Waals surface area contributed by atoms with Crippen molar-refractivity contribution in [1.29, 1.82) is 0 Å². The molecule has 1 aromatic carbocycles. The molecule has 12 heteroatoms. The Labute approximate surface area is 242 Å². The van der Waals surface area contributed by atoms with E-state index in [1.165, 1.54) is 11.3 Å². The first-order valence-corrected chi connectivity index (χ1v) is 15.9. The highest BCUT2D eigenvalue weighted by Gasteiger charge is 2.26. The topological polar surface area (TPSA) is 122 Å². The Kier molecular flexibility index (Phi) is 9.79. The summed E-state index contributed by atoms with van der Waals surface area (Å²) in [6.45, 7) is 16.3. The van der Waals surface area contributed by atoms with Crippen LogP contribution in [0, 0.1) is 0 Å². The predicted molar refractivity (Wildman–Crippen MR) is 164 cm³/mol. The zero-order chi connectivity index (χ0) is 29.9. The number of aromatic nitrogens is 1. The Morgan fingerprint density at radius 2 is 1.77 bits per heavy atom. The van der Waals surface area contributed by atoms with Gasteiger partial charge < -0.3 is 19.7 Å². The predicted octanol–water partition coefficient (Wildman–Crippen LogP) is 5.64. The number of hydrogen-bond donors (Lipinski definition) is 3. The van der Waals surface area contributed by atoms with Gasteiger partial charge in [-0.2, -0.15) is 0 Å². The number of rotatable bonds is 7. The van der Waals surface area contributed by atoms with E-state index in [2.05, 4.69) is 31.1 Å². The van der Waals surface area contributed by atoms with Gasteiger partial charge in [0.15, 0.2) is 5.13 Å². The lowest BCUT2D eigenvalue weighted by Crippen LogP contribution is -2.46. The molecule has 1 fully saturated rings. The standard InChI is InChI=1S/C28H43N5O5S2/c1-18(2)37-25(34)31-20-10-11-21(23(16-20)40(9,36)32-27(3,4)5)22-17-29-24(39-22)33-14-12-19(13-15-33)30-26(35)38-28(6,7)8/h10-11,16-19H,9,12-15H2,1-8H3,(H,30,35)(H,31,34)(H,32,36). The first-order valence-electron chi connectivity index (χ1n) is 13.4. The second kappa shape index (κ2) is 12.4. The van der Waals surface area contributed by atoms with Crippen molar-refractivity contribution >= 4 is 49.9 Å². The SMILES string of the molecule is C=S(=O)(NC(C)(C)C)c1cc(NC(=O)OC(C)C)ccc1-c1cnc(N2CCC(NC(=O)OC(C)(C)C)CC2)s1. The summed E-state index contributed by atoms with van der Waals surface area (Å²) in [4.78, 5) is 32.5. The third-order valence-corrected chi connectivity index (χ3v) is 8.72. The van der Waals surface area contributed by atoms with Crippen molar-refractivity contribution in [3.05, 3.63) is 24.4 Å². The normalized spacial score (nSPS) is 16.4. The lowest BCUT2D eigenvalue weighted by Gasteiger charge is -2.32. The monoisotopic (exact) mass is 593 g/mol. The Balaban J connectivity index is 1.81. The van der Waals surface area contributed by atoms with Crippen molar-refractivity contribution < 1.29 is 23.3 Å². The van der Waals surface area contributed by atoms with Crippen LogP contribution in [0.1, 0.15) is 68.2 Å². The van der Waals surface area contributed by atoms with Gasteiger partial charge in [-0.05, 0) is 86.2 Å². The summed E-state index contributed by atoms with van der Waals surface area (Å²) in [7, 11) is -2.95. The number of nitrogens with one attached hydrogen (secondary N) is 3. The number of carbonyl (C=O) groups excluding carboxylic acids is 2. The quantitative estimate of drug-likeness (QED) is 0.355. The van der Waals surface area contributed by atoms with E-state index in [1.54, 1.807) is 32.2 Å². The van der Waals surface area contributed by atoms with Crippen molar-refractivity contribution in [3.8, 4) is 10.4 Å². The fourth-order valence-corrected chi connectivity index (χ4v) is 7.23. The Morgan fingerprint density at radius 3 is 2.35 bits per heavy atom. The molecule has 1 aliphatic rings. The van der Waals surface area contributed by atoms with Gasteiger partial charge in [0.2, 0.25) is 0 Å². The van der Waals surface area contributed by atoms with Crippen molar-refractivity contribution in [1.82, 2.24) is 15.0 Å². The molecule has 1 aromatic heterocycles. The van der Waals surface area contributed by atoms with Crippen LogP contribution in [0.25, 0.3) is 10.4 Å². The number of anilines is 2. The van der Waals surface area contributed by atoms with Crippen LogP contribution in [0.2, 0.25) is 0 Å². The van der Waals surface area contributed by atoms with E-state index in [9.17, 15) is 13.8 Å². The fraction of sp³-hybridized carbons (Fsp3) is 0.571. The minimum Gasteiger partial charge on any atom is -0.447 e. The lowest BCUT2D eigenvalue weighted by atomic mass is 10.1. The minimum absolute atomic E-state index is 0.0406. The van der Waals surface area contributed by atoms with Crippen LogP contribution < -0.4 is 20.3 Å². The second-order valence-electron chi connectivity index (χ2n) is 12.2. The molecule has 10 nitrogen and oxygen atoms in total. The molecule has 40 heavy (non-hydrogen) atoms. The van der Waals surface area contributed by atoms with Crippen molar-refractivity contribution in [2.75, 3.05) is 23.3 Å². The van der Waals surface area contributed by atoms with Crippen LogP contribution in [0.3, 0.4) is 0 Å². The molecular weight excluding hydrogens is 550 g/mol. The van der Waals surface area contributed by atoms with Gasteiger partial charge in [0.1, 0.15) is 5.60 Å². The molecule has 0 spiro atoms.